The average molecular weight is 346 g/mol. The molecule has 0 spiro atoms. The first-order chi connectivity index (χ1) is 10.3. The van der Waals surface area contributed by atoms with Crippen LogP contribution in [0, 0.1) is 0 Å². The minimum Gasteiger partial charge on any atom is -0.270 e. The van der Waals surface area contributed by atoms with Crippen LogP contribution in [0.15, 0.2) is 47.2 Å². The fourth-order valence-corrected chi connectivity index (χ4v) is 3.10. The third-order valence-electron chi connectivity index (χ3n) is 3.55. The highest BCUT2D eigenvalue weighted by molar-refractivity contribution is 9.10. The summed E-state index contributed by atoms with van der Waals surface area (Å²) in [7, 11) is 0. The van der Waals surface area contributed by atoms with Crippen LogP contribution in [-0.4, -0.2) is 14.8 Å². The number of benzene rings is 1. The van der Waals surface area contributed by atoms with Gasteiger partial charge < -0.3 is 0 Å². The summed E-state index contributed by atoms with van der Waals surface area (Å²) in [6.45, 7) is 2.82. The van der Waals surface area contributed by atoms with Gasteiger partial charge in [0.1, 0.15) is 6.04 Å². The molecule has 3 rings (SSSR count). The first kappa shape index (κ1) is 14.2. The van der Waals surface area contributed by atoms with Crippen LogP contribution in [0.4, 0.5) is 0 Å². The Labute approximate surface area is 131 Å². The summed E-state index contributed by atoms with van der Waals surface area (Å²) >= 11 is 3.55. The van der Waals surface area contributed by atoms with Gasteiger partial charge in [-0.15, -0.1) is 0 Å². The first-order valence-electron chi connectivity index (χ1n) is 6.77. The monoisotopic (exact) mass is 345 g/mol. The molecule has 0 aliphatic carbocycles. The lowest BCUT2D eigenvalue weighted by Gasteiger charge is -2.19. The van der Waals surface area contributed by atoms with Crippen LogP contribution < -0.4 is 11.3 Å². The van der Waals surface area contributed by atoms with Gasteiger partial charge in [-0.25, -0.2) is 5.43 Å². The van der Waals surface area contributed by atoms with Crippen molar-refractivity contribution in [1.29, 1.82) is 0 Å². The average Bonchev–Trinajstić information content (AvgIpc) is 2.90. The molecular weight excluding hydrogens is 330 g/mol. The number of nitrogens with two attached hydrogens (primary N) is 1. The van der Waals surface area contributed by atoms with E-state index in [1.54, 1.807) is 6.20 Å². The highest BCUT2D eigenvalue weighted by Gasteiger charge is 2.23. The van der Waals surface area contributed by atoms with Crippen LogP contribution >= 0.6 is 15.9 Å². The van der Waals surface area contributed by atoms with Crippen molar-refractivity contribution in [2.45, 2.75) is 19.5 Å². The van der Waals surface area contributed by atoms with Crippen molar-refractivity contribution < 1.29 is 0 Å². The van der Waals surface area contributed by atoms with Crippen molar-refractivity contribution in [2.75, 3.05) is 0 Å². The van der Waals surface area contributed by atoms with Gasteiger partial charge in [-0.3, -0.25) is 15.5 Å². The number of rotatable bonds is 4. The Hall–Kier alpha value is -1.76. The maximum atomic E-state index is 5.83. The SMILES string of the molecule is CCn1ncc(Br)c1C(NN)c1nccc2ccccc12. The van der Waals surface area contributed by atoms with Crippen molar-refractivity contribution >= 4 is 26.7 Å². The number of hydrazine groups is 1. The minimum absolute atomic E-state index is 0.229. The second kappa shape index (κ2) is 5.93. The van der Waals surface area contributed by atoms with E-state index in [1.165, 1.54) is 0 Å². The molecule has 2 aromatic heterocycles. The normalized spacial score (nSPS) is 12.7. The number of halogens is 1. The molecule has 0 radical (unpaired) electrons. The number of nitrogens with zero attached hydrogens (tertiary/aromatic N) is 3. The largest absolute Gasteiger partial charge is 0.270 e. The number of fused-ring (bicyclic) bond motifs is 1. The quantitative estimate of drug-likeness (QED) is 0.563. The molecule has 0 aliphatic rings. The third-order valence-corrected chi connectivity index (χ3v) is 4.16. The number of aromatic nitrogens is 3. The molecular formula is C15H16BrN5. The maximum Gasteiger partial charge on any atom is 0.107 e. The van der Waals surface area contributed by atoms with Crippen LogP contribution in [0.5, 0.6) is 0 Å². The minimum atomic E-state index is -0.229. The van der Waals surface area contributed by atoms with Gasteiger partial charge in [0.15, 0.2) is 0 Å². The van der Waals surface area contributed by atoms with E-state index in [9.17, 15) is 0 Å². The predicted molar refractivity (Wildman–Crippen MR) is 86.5 cm³/mol. The van der Waals surface area contributed by atoms with Gasteiger partial charge in [-0.05, 0) is 34.3 Å². The Kier molecular flexibility index (Phi) is 4.01. The van der Waals surface area contributed by atoms with Crippen molar-refractivity contribution in [2.24, 2.45) is 5.84 Å². The highest BCUT2D eigenvalue weighted by Crippen LogP contribution is 2.30. The fourth-order valence-electron chi connectivity index (χ4n) is 2.57. The van der Waals surface area contributed by atoms with E-state index in [4.69, 9.17) is 5.84 Å². The summed E-state index contributed by atoms with van der Waals surface area (Å²) in [5, 5.41) is 6.58. The van der Waals surface area contributed by atoms with Gasteiger partial charge in [0.05, 0.1) is 22.1 Å². The van der Waals surface area contributed by atoms with E-state index in [2.05, 4.69) is 43.6 Å². The molecule has 5 nitrogen and oxygen atoms in total. The molecule has 6 heteroatoms. The number of nitrogens with one attached hydrogen (secondary N) is 1. The number of hydrogen-bond acceptors (Lipinski definition) is 4. The maximum absolute atomic E-state index is 5.83. The lowest BCUT2D eigenvalue weighted by atomic mass is 10.0. The van der Waals surface area contributed by atoms with Crippen molar-refractivity contribution in [1.82, 2.24) is 20.2 Å². The third kappa shape index (κ3) is 2.46. The number of aryl methyl sites for hydroxylation is 1. The van der Waals surface area contributed by atoms with E-state index >= 15 is 0 Å². The smallest absolute Gasteiger partial charge is 0.107 e. The second-order valence-corrected chi connectivity index (χ2v) is 5.56. The van der Waals surface area contributed by atoms with Gasteiger partial charge in [-0.2, -0.15) is 5.10 Å². The van der Waals surface area contributed by atoms with Crippen LogP contribution in [0.2, 0.25) is 0 Å². The molecule has 2 heterocycles. The van der Waals surface area contributed by atoms with Crippen LogP contribution in [0.3, 0.4) is 0 Å². The standard InChI is InChI=1S/C15H16BrN5/c1-2-21-15(12(16)9-19-21)14(20-17)13-11-6-4-3-5-10(11)7-8-18-13/h3-9,14,20H,2,17H2,1H3. The number of pyridine rings is 1. The second-order valence-electron chi connectivity index (χ2n) is 4.71. The Morgan fingerprint density at radius 1 is 1.33 bits per heavy atom. The molecule has 0 bridgehead atoms. The van der Waals surface area contributed by atoms with E-state index in [1.807, 2.05) is 36.0 Å². The van der Waals surface area contributed by atoms with Gasteiger partial charge in [0.2, 0.25) is 0 Å². The molecule has 3 N–H and O–H groups in total. The summed E-state index contributed by atoms with van der Waals surface area (Å²) in [5.74, 6) is 5.83. The molecule has 0 fully saturated rings. The molecule has 3 aromatic rings. The summed E-state index contributed by atoms with van der Waals surface area (Å²) in [5.41, 5.74) is 4.75. The molecule has 1 unspecified atom stereocenters. The zero-order chi connectivity index (χ0) is 14.8. The summed E-state index contributed by atoms with van der Waals surface area (Å²) in [6.07, 6.45) is 3.59. The van der Waals surface area contributed by atoms with Gasteiger partial charge in [-0.1, -0.05) is 24.3 Å². The molecule has 108 valence electrons. The molecule has 0 amide bonds. The summed E-state index contributed by atoms with van der Waals surface area (Å²) < 4.78 is 2.83. The predicted octanol–water partition coefficient (Wildman–Crippen LogP) is 2.77. The lowest BCUT2D eigenvalue weighted by Crippen LogP contribution is -2.31. The van der Waals surface area contributed by atoms with Crippen LogP contribution in [0.1, 0.15) is 24.4 Å². The molecule has 0 saturated carbocycles. The van der Waals surface area contributed by atoms with Crippen molar-refractivity contribution in [3.63, 3.8) is 0 Å². The van der Waals surface area contributed by atoms with Crippen molar-refractivity contribution in [3.05, 3.63) is 58.6 Å². The fraction of sp³-hybridized carbons (Fsp3) is 0.200. The molecule has 21 heavy (non-hydrogen) atoms. The van der Waals surface area contributed by atoms with E-state index < -0.39 is 0 Å². The Balaban J connectivity index is 2.21. The van der Waals surface area contributed by atoms with Gasteiger partial charge in [0.25, 0.3) is 0 Å². The van der Waals surface area contributed by atoms with E-state index in [0.717, 1.165) is 33.2 Å². The Bertz CT molecular complexity index is 762. The summed E-state index contributed by atoms with van der Waals surface area (Å²) in [6, 6.07) is 9.92. The zero-order valence-electron chi connectivity index (χ0n) is 11.6. The Morgan fingerprint density at radius 3 is 2.90 bits per heavy atom. The van der Waals surface area contributed by atoms with E-state index in [-0.39, 0.29) is 6.04 Å². The van der Waals surface area contributed by atoms with E-state index in [0.29, 0.717) is 0 Å². The lowest BCUT2D eigenvalue weighted by molar-refractivity contribution is 0.536. The topological polar surface area (TPSA) is 68.8 Å². The highest BCUT2D eigenvalue weighted by atomic mass is 79.9. The van der Waals surface area contributed by atoms with Crippen molar-refractivity contribution in [3.8, 4) is 0 Å². The van der Waals surface area contributed by atoms with Crippen LogP contribution in [-0.2, 0) is 6.54 Å². The summed E-state index contributed by atoms with van der Waals surface area (Å²) in [4.78, 5) is 4.55. The molecule has 0 aliphatic heterocycles. The van der Waals surface area contributed by atoms with Gasteiger partial charge >= 0.3 is 0 Å². The molecule has 0 saturated heterocycles. The van der Waals surface area contributed by atoms with Gasteiger partial charge in [0, 0.05) is 18.1 Å². The first-order valence-corrected chi connectivity index (χ1v) is 7.56. The zero-order valence-corrected chi connectivity index (χ0v) is 13.2. The molecule has 1 aromatic carbocycles. The Morgan fingerprint density at radius 2 is 2.14 bits per heavy atom. The molecule has 1 atom stereocenters. The van der Waals surface area contributed by atoms with Crippen LogP contribution in [0.25, 0.3) is 10.8 Å². The number of hydrogen-bond donors (Lipinski definition) is 2.